The summed E-state index contributed by atoms with van der Waals surface area (Å²) in [6.45, 7) is 2.33. The second kappa shape index (κ2) is 6.24. The van der Waals surface area contributed by atoms with Gasteiger partial charge in [-0.3, -0.25) is 0 Å². The van der Waals surface area contributed by atoms with Gasteiger partial charge in [-0.1, -0.05) is 41.3 Å². The Morgan fingerprint density at radius 3 is 2.50 bits per heavy atom. The van der Waals surface area contributed by atoms with Gasteiger partial charge in [-0.15, -0.1) is 0 Å². The number of halogens is 1. The number of hydrogen-bond acceptors (Lipinski definition) is 2. The summed E-state index contributed by atoms with van der Waals surface area (Å²) in [4.78, 5) is 7.00. The summed E-state index contributed by atoms with van der Waals surface area (Å²) in [5.41, 5.74) is 1.31. The molecule has 0 radical (unpaired) electrons. The molecule has 1 aromatic heterocycles. The van der Waals surface area contributed by atoms with Crippen LogP contribution in [0.1, 0.15) is 37.7 Å². The van der Waals surface area contributed by atoms with Gasteiger partial charge in [-0.25, -0.2) is 4.98 Å². The molecule has 1 aromatic rings. The molecule has 2 nitrogen and oxygen atoms in total. The summed E-state index contributed by atoms with van der Waals surface area (Å²) >= 11 is 3.54. The zero-order chi connectivity index (χ0) is 11.2. The normalized spacial score (nSPS) is 17.9. The van der Waals surface area contributed by atoms with E-state index in [1.165, 1.54) is 43.5 Å². The van der Waals surface area contributed by atoms with Gasteiger partial charge >= 0.3 is 0 Å². The van der Waals surface area contributed by atoms with Gasteiger partial charge in [0, 0.05) is 30.2 Å². The largest absolute Gasteiger partial charge is 0.356 e. The Labute approximate surface area is 106 Å². The molecule has 0 spiro atoms. The third-order valence-electron chi connectivity index (χ3n) is 3.17. The second-order valence-electron chi connectivity index (χ2n) is 4.37. The van der Waals surface area contributed by atoms with E-state index in [4.69, 9.17) is 0 Å². The Morgan fingerprint density at radius 1 is 1.12 bits per heavy atom. The van der Waals surface area contributed by atoms with Crippen molar-refractivity contribution in [2.45, 2.75) is 37.4 Å². The van der Waals surface area contributed by atoms with Gasteiger partial charge in [0.25, 0.3) is 0 Å². The zero-order valence-electron chi connectivity index (χ0n) is 9.66. The molecule has 2 heterocycles. The van der Waals surface area contributed by atoms with Gasteiger partial charge in [0.2, 0.25) is 0 Å². The number of alkyl halides is 1. The molecule has 16 heavy (non-hydrogen) atoms. The maximum atomic E-state index is 4.54. The van der Waals surface area contributed by atoms with Crippen LogP contribution in [-0.2, 0) is 5.33 Å². The minimum absolute atomic E-state index is 0.896. The van der Waals surface area contributed by atoms with Gasteiger partial charge in [0.05, 0.1) is 0 Å². The fraction of sp³-hybridized carbons (Fsp3) is 0.615. The van der Waals surface area contributed by atoms with E-state index < -0.39 is 0 Å². The SMILES string of the molecule is BrCc1cccnc1N1CCCCCCC1. The van der Waals surface area contributed by atoms with Crippen LogP contribution in [0.15, 0.2) is 18.3 Å². The van der Waals surface area contributed by atoms with Crippen LogP contribution in [0, 0.1) is 0 Å². The highest BCUT2D eigenvalue weighted by Gasteiger charge is 2.12. The summed E-state index contributed by atoms with van der Waals surface area (Å²) in [7, 11) is 0. The third-order valence-corrected chi connectivity index (χ3v) is 3.77. The molecule has 0 aliphatic carbocycles. The summed E-state index contributed by atoms with van der Waals surface area (Å²) in [6.07, 6.45) is 8.65. The predicted octanol–water partition coefficient (Wildman–Crippen LogP) is 3.75. The molecule has 3 heteroatoms. The first kappa shape index (κ1) is 11.9. The van der Waals surface area contributed by atoms with E-state index in [-0.39, 0.29) is 0 Å². The van der Waals surface area contributed by atoms with Crippen molar-refractivity contribution in [2.75, 3.05) is 18.0 Å². The van der Waals surface area contributed by atoms with Crippen molar-refractivity contribution in [3.05, 3.63) is 23.9 Å². The van der Waals surface area contributed by atoms with Crippen LogP contribution >= 0.6 is 15.9 Å². The van der Waals surface area contributed by atoms with Crippen LogP contribution in [0.2, 0.25) is 0 Å². The molecule has 0 aromatic carbocycles. The van der Waals surface area contributed by atoms with Crippen LogP contribution in [0.3, 0.4) is 0 Å². The maximum absolute atomic E-state index is 4.54. The molecule has 0 bridgehead atoms. The molecule has 1 aliphatic rings. The van der Waals surface area contributed by atoms with Gasteiger partial charge in [0.1, 0.15) is 5.82 Å². The minimum Gasteiger partial charge on any atom is -0.356 e. The number of nitrogens with zero attached hydrogens (tertiary/aromatic N) is 2. The lowest BCUT2D eigenvalue weighted by molar-refractivity contribution is 0.553. The molecule has 0 atom stereocenters. The van der Waals surface area contributed by atoms with Crippen LogP contribution in [-0.4, -0.2) is 18.1 Å². The predicted molar refractivity (Wildman–Crippen MR) is 72.2 cm³/mol. The Morgan fingerprint density at radius 2 is 1.81 bits per heavy atom. The number of rotatable bonds is 2. The fourth-order valence-electron chi connectivity index (χ4n) is 2.28. The fourth-order valence-corrected chi connectivity index (χ4v) is 2.72. The van der Waals surface area contributed by atoms with Crippen molar-refractivity contribution in [2.24, 2.45) is 0 Å². The van der Waals surface area contributed by atoms with Crippen molar-refractivity contribution in [3.63, 3.8) is 0 Å². The number of aromatic nitrogens is 1. The second-order valence-corrected chi connectivity index (χ2v) is 4.94. The first-order chi connectivity index (χ1) is 7.92. The number of anilines is 1. The average molecular weight is 283 g/mol. The van der Waals surface area contributed by atoms with Gasteiger partial charge < -0.3 is 4.90 Å². The Bertz CT molecular complexity index is 319. The molecule has 0 amide bonds. The summed E-state index contributed by atoms with van der Waals surface area (Å²) in [5, 5.41) is 0.896. The first-order valence-corrected chi connectivity index (χ1v) is 7.29. The van der Waals surface area contributed by atoms with Gasteiger partial charge in [-0.05, 0) is 18.9 Å². The molecule has 0 saturated carbocycles. The van der Waals surface area contributed by atoms with Crippen LogP contribution in [0.4, 0.5) is 5.82 Å². The Kier molecular flexibility index (Phi) is 4.64. The molecule has 88 valence electrons. The molecule has 1 aliphatic heterocycles. The summed E-state index contributed by atoms with van der Waals surface area (Å²) in [5.74, 6) is 1.18. The molecule has 0 unspecified atom stereocenters. The van der Waals surface area contributed by atoms with Crippen molar-refractivity contribution < 1.29 is 0 Å². The van der Waals surface area contributed by atoms with Crippen molar-refractivity contribution in [1.82, 2.24) is 4.98 Å². The van der Waals surface area contributed by atoms with Crippen LogP contribution < -0.4 is 4.90 Å². The highest BCUT2D eigenvalue weighted by Crippen LogP contribution is 2.22. The minimum atomic E-state index is 0.896. The highest BCUT2D eigenvalue weighted by atomic mass is 79.9. The molecular weight excluding hydrogens is 264 g/mol. The summed E-state index contributed by atoms with van der Waals surface area (Å²) < 4.78 is 0. The van der Waals surface area contributed by atoms with Gasteiger partial charge in [0.15, 0.2) is 0 Å². The van der Waals surface area contributed by atoms with E-state index in [0.717, 1.165) is 18.4 Å². The number of pyridine rings is 1. The molecule has 2 rings (SSSR count). The summed E-state index contributed by atoms with van der Waals surface area (Å²) in [6, 6.07) is 4.18. The maximum Gasteiger partial charge on any atom is 0.132 e. The smallest absolute Gasteiger partial charge is 0.132 e. The lowest BCUT2D eigenvalue weighted by Crippen LogP contribution is -2.28. The van der Waals surface area contributed by atoms with Crippen molar-refractivity contribution in [1.29, 1.82) is 0 Å². The van der Waals surface area contributed by atoms with E-state index in [2.05, 4.69) is 31.9 Å². The third kappa shape index (κ3) is 2.97. The van der Waals surface area contributed by atoms with E-state index in [1.807, 2.05) is 12.3 Å². The molecule has 1 saturated heterocycles. The Balaban J connectivity index is 2.13. The molecule has 0 N–H and O–H groups in total. The highest BCUT2D eigenvalue weighted by molar-refractivity contribution is 9.08. The standard InChI is InChI=1S/C13H19BrN2/c14-11-12-7-6-8-15-13(12)16-9-4-2-1-3-5-10-16/h6-8H,1-5,9-11H2. The van der Waals surface area contributed by atoms with E-state index in [0.29, 0.717) is 0 Å². The lowest BCUT2D eigenvalue weighted by Gasteiger charge is -2.27. The average Bonchev–Trinajstić information content (AvgIpc) is 2.29. The quantitative estimate of drug-likeness (QED) is 0.768. The zero-order valence-corrected chi connectivity index (χ0v) is 11.2. The molecule has 1 fully saturated rings. The van der Waals surface area contributed by atoms with E-state index >= 15 is 0 Å². The Hall–Kier alpha value is -0.570. The van der Waals surface area contributed by atoms with Crippen LogP contribution in [0.25, 0.3) is 0 Å². The topological polar surface area (TPSA) is 16.1 Å². The lowest BCUT2D eigenvalue weighted by atomic mass is 10.1. The van der Waals surface area contributed by atoms with Gasteiger partial charge in [-0.2, -0.15) is 0 Å². The van der Waals surface area contributed by atoms with E-state index in [9.17, 15) is 0 Å². The van der Waals surface area contributed by atoms with Crippen molar-refractivity contribution >= 4 is 21.7 Å². The van der Waals surface area contributed by atoms with E-state index in [1.54, 1.807) is 0 Å². The monoisotopic (exact) mass is 282 g/mol. The van der Waals surface area contributed by atoms with Crippen LogP contribution in [0.5, 0.6) is 0 Å². The van der Waals surface area contributed by atoms with Crippen molar-refractivity contribution in [3.8, 4) is 0 Å². The number of hydrogen-bond donors (Lipinski definition) is 0. The molecular formula is C13H19BrN2. The first-order valence-electron chi connectivity index (χ1n) is 6.16.